The van der Waals surface area contributed by atoms with Gasteiger partial charge in [-0.1, -0.05) is 30.3 Å². The van der Waals surface area contributed by atoms with Crippen LogP contribution < -0.4 is 10.1 Å². The first-order valence-electron chi connectivity index (χ1n) is 10.1. The molecule has 5 aromatic rings. The molecule has 0 radical (unpaired) electrons. The summed E-state index contributed by atoms with van der Waals surface area (Å²) in [6, 6.07) is 21.2. The average Bonchev–Trinajstić information content (AvgIpc) is 3.48. The number of aromatic nitrogens is 4. The molecule has 0 saturated carbocycles. The van der Waals surface area contributed by atoms with E-state index < -0.39 is 11.7 Å². The largest absolute Gasteiger partial charge is 0.486 e. The van der Waals surface area contributed by atoms with E-state index in [9.17, 15) is 9.18 Å². The first kappa shape index (κ1) is 20.4. The van der Waals surface area contributed by atoms with Crippen molar-refractivity contribution in [2.75, 3.05) is 5.32 Å². The molecule has 0 saturated heterocycles. The lowest BCUT2D eigenvalue weighted by atomic mass is 10.1. The highest BCUT2D eigenvalue weighted by molar-refractivity contribution is 6.02. The zero-order chi connectivity index (χ0) is 22.8. The highest BCUT2D eigenvalue weighted by Crippen LogP contribution is 2.23. The van der Waals surface area contributed by atoms with Crippen molar-refractivity contribution < 1.29 is 18.3 Å². The molecular weight excluding hydrogens is 425 g/mol. The van der Waals surface area contributed by atoms with Gasteiger partial charge in [0, 0.05) is 5.69 Å². The smallest absolute Gasteiger partial charge is 0.291 e. The van der Waals surface area contributed by atoms with Crippen LogP contribution in [0.2, 0.25) is 0 Å². The molecule has 0 aliphatic carbocycles. The van der Waals surface area contributed by atoms with Gasteiger partial charge in [-0.3, -0.25) is 4.79 Å². The van der Waals surface area contributed by atoms with E-state index in [0.717, 1.165) is 10.8 Å². The van der Waals surface area contributed by atoms with Gasteiger partial charge in [0.25, 0.3) is 5.91 Å². The summed E-state index contributed by atoms with van der Waals surface area (Å²) in [5, 5.41) is 15.9. The summed E-state index contributed by atoms with van der Waals surface area (Å²) in [6.07, 6.45) is 0. The number of nitrogens with zero attached hydrogens (tertiary/aromatic N) is 4. The van der Waals surface area contributed by atoms with Gasteiger partial charge in [-0.25, -0.2) is 4.39 Å². The normalized spacial score (nSPS) is 11.0. The molecule has 2 heterocycles. The van der Waals surface area contributed by atoms with Crippen LogP contribution in [0.15, 0.2) is 77.2 Å². The minimum Gasteiger partial charge on any atom is -0.486 e. The highest BCUT2D eigenvalue weighted by Gasteiger charge is 2.15. The van der Waals surface area contributed by atoms with Crippen LogP contribution in [0.1, 0.15) is 22.1 Å². The average molecular weight is 443 g/mol. The lowest BCUT2D eigenvalue weighted by Crippen LogP contribution is -2.12. The van der Waals surface area contributed by atoms with Crippen LogP contribution in [-0.2, 0) is 6.61 Å². The standard InChI is InChI=1S/C24H18FN5O3/c1-15-27-28-29-30(15)22-13-18(7-10-21(22)25)26-24(31)23-11-9-20(33-23)14-32-19-8-6-16-4-2-3-5-17(16)12-19/h2-13H,14H2,1H3,(H,26,31). The van der Waals surface area contributed by atoms with Crippen molar-refractivity contribution in [3.8, 4) is 11.4 Å². The molecule has 8 nitrogen and oxygen atoms in total. The molecule has 1 N–H and O–H groups in total. The maximum atomic E-state index is 14.2. The van der Waals surface area contributed by atoms with Crippen LogP contribution in [0.4, 0.5) is 10.1 Å². The van der Waals surface area contributed by atoms with E-state index in [0.29, 0.717) is 23.0 Å². The quantitative estimate of drug-likeness (QED) is 0.409. The van der Waals surface area contributed by atoms with Crippen LogP contribution in [0.25, 0.3) is 16.5 Å². The summed E-state index contributed by atoms with van der Waals surface area (Å²) in [5.74, 6) is 0.730. The van der Waals surface area contributed by atoms with Gasteiger partial charge in [0.05, 0.1) is 0 Å². The minimum absolute atomic E-state index is 0.108. The van der Waals surface area contributed by atoms with Gasteiger partial charge in [0.1, 0.15) is 29.6 Å². The molecule has 0 fully saturated rings. The molecule has 0 spiro atoms. The number of carbonyl (C=O) groups is 1. The van der Waals surface area contributed by atoms with Crippen molar-refractivity contribution in [2.24, 2.45) is 0 Å². The molecule has 33 heavy (non-hydrogen) atoms. The van der Waals surface area contributed by atoms with Crippen molar-refractivity contribution in [1.82, 2.24) is 20.2 Å². The maximum Gasteiger partial charge on any atom is 0.291 e. The second kappa shape index (κ2) is 8.54. The van der Waals surface area contributed by atoms with E-state index in [4.69, 9.17) is 9.15 Å². The number of nitrogens with one attached hydrogen (secondary N) is 1. The van der Waals surface area contributed by atoms with Crippen molar-refractivity contribution in [2.45, 2.75) is 13.5 Å². The van der Waals surface area contributed by atoms with Gasteiger partial charge in [0.2, 0.25) is 0 Å². The SMILES string of the molecule is Cc1nnnn1-c1cc(NC(=O)c2ccc(COc3ccc4ccccc4c3)o2)ccc1F. The number of benzene rings is 3. The number of furan rings is 1. The summed E-state index contributed by atoms with van der Waals surface area (Å²) in [7, 11) is 0. The Bertz CT molecular complexity index is 1460. The number of rotatable bonds is 6. The molecule has 0 aliphatic heterocycles. The van der Waals surface area contributed by atoms with Gasteiger partial charge in [-0.05, 0) is 70.6 Å². The van der Waals surface area contributed by atoms with Crippen molar-refractivity contribution in [3.05, 3.63) is 96.0 Å². The van der Waals surface area contributed by atoms with Gasteiger partial charge in [-0.2, -0.15) is 4.68 Å². The second-order valence-electron chi connectivity index (χ2n) is 7.32. The Kier molecular flexibility index (Phi) is 5.27. The number of carbonyl (C=O) groups excluding carboxylic acids is 1. The van der Waals surface area contributed by atoms with Crippen LogP contribution in [0.3, 0.4) is 0 Å². The Morgan fingerprint density at radius 3 is 2.73 bits per heavy atom. The first-order chi connectivity index (χ1) is 16.1. The number of hydrogen-bond acceptors (Lipinski definition) is 6. The van der Waals surface area contributed by atoms with Crippen molar-refractivity contribution in [1.29, 1.82) is 0 Å². The van der Waals surface area contributed by atoms with Crippen LogP contribution in [0, 0.1) is 12.7 Å². The Labute approximate surface area is 187 Å². The summed E-state index contributed by atoms with van der Waals surface area (Å²) < 4.78 is 26.9. The lowest BCUT2D eigenvalue weighted by Gasteiger charge is -2.08. The number of fused-ring (bicyclic) bond motifs is 1. The number of halogens is 1. The molecule has 0 atom stereocenters. The zero-order valence-electron chi connectivity index (χ0n) is 17.5. The Morgan fingerprint density at radius 2 is 1.91 bits per heavy atom. The number of amides is 1. The third-order valence-corrected chi connectivity index (χ3v) is 5.05. The van der Waals surface area contributed by atoms with E-state index in [1.54, 1.807) is 19.1 Å². The van der Waals surface area contributed by atoms with E-state index in [2.05, 4.69) is 20.8 Å². The molecular formula is C24H18FN5O3. The van der Waals surface area contributed by atoms with E-state index >= 15 is 0 Å². The van der Waals surface area contributed by atoms with Gasteiger partial charge in [0.15, 0.2) is 11.6 Å². The fourth-order valence-electron chi connectivity index (χ4n) is 3.39. The molecule has 0 aliphatic rings. The predicted molar refractivity (Wildman–Crippen MR) is 119 cm³/mol. The number of aryl methyl sites for hydroxylation is 1. The number of anilines is 1. The van der Waals surface area contributed by atoms with Crippen LogP contribution >= 0.6 is 0 Å². The molecule has 0 bridgehead atoms. The molecule has 1 amide bonds. The Morgan fingerprint density at radius 1 is 1.06 bits per heavy atom. The highest BCUT2D eigenvalue weighted by atomic mass is 19.1. The predicted octanol–water partition coefficient (Wildman–Crippen LogP) is 4.69. The molecule has 0 unspecified atom stereocenters. The zero-order valence-corrected chi connectivity index (χ0v) is 17.5. The van der Waals surface area contributed by atoms with Crippen molar-refractivity contribution >= 4 is 22.4 Å². The monoisotopic (exact) mass is 443 g/mol. The number of tetrazole rings is 1. The summed E-state index contributed by atoms with van der Waals surface area (Å²) in [5.41, 5.74) is 0.496. The van der Waals surface area contributed by atoms with Gasteiger partial charge >= 0.3 is 0 Å². The van der Waals surface area contributed by atoms with Crippen LogP contribution in [-0.4, -0.2) is 26.1 Å². The van der Waals surface area contributed by atoms with E-state index in [-0.39, 0.29) is 18.1 Å². The third-order valence-electron chi connectivity index (χ3n) is 5.05. The molecule has 3 aromatic carbocycles. The molecule has 9 heteroatoms. The summed E-state index contributed by atoms with van der Waals surface area (Å²) >= 11 is 0. The van der Waals surface area contributed by atoms with E-state index in [1.165, 1.54) is 22.9 Å². The number of hydrogen-bond donors (Lipinski definition) is 1. The maximum absolute atomic E-state index is 14.2. The fraction of sp³-hybridized carbons (Fsp3) is 0.0833. The number of ether oxygens (including phenoxy) is 1. The molecule has 164 valence electrons. The summed E-state index contributed by atoms with van der Waals surface area (Å²) in [4.78, 5) is 12.6. The Balaban J connectivity index is 1.26. The Hall–Kier alpha value is -4.53. The summed E-state index contributed by atoms with van der Waals surface area (Å²) in [6.45, 7) is 1.82. The van der Waals surface area contributed by atoms with Crippen molar-refractivity contribution in [3.63, 3.8) is 0 Å². The van der Waals surface area contributed by atoms with Crippen LogP contribution in [0.5, 0.6) is 5.75 Å². The van der Waals surface area contributed by atoms with E-state index in [1.807, 2.05) is 42.5 Å². The third kappa shape index (κ3) is 4.29. The first-order valence-corrected chi connectivity index (χ1v) is 10.1. The topological polar surface area (TPSA) is 95.1 Å². The lowest BCUT2D eigenvalue weighted by molar-refractivity contribution is 0.0992. The molecule has 5 rings (SSSR count). The fourth-order valence-corrected chi connectivity index (χ4v) is 3.39. The van der Waals surface area contributed by atoms with Gasteiger partial charge in [-0.15, -0.1) is 5.10 Å². The minimum atomic E-state index is -0.519. The second-order valence-corrected chi connectivity index (χ2v) is 7.32. The van der Waals surface area contributed by atoms with Gasteiger partial charge < -0.3 is 14.5 Å². The molecule has 2 aromatic heterocycles.